The predicted molar refractivity (Wildman–Crippen MR) is 47.9 cm³/mol. The fourth-order valence-electron chi connectivity index (χ4n) is 0.974. The Bertz CT molecular complexity index is 312. The second kappa shape index (κ2) is 3.69. The Morgan fingerprint density at radius 1 is 1.50 bits per heavy atom. The number of benzene rings is 1. The molecule has 4 heteroatoms. The fraction of sp³-hybridized carbons (Fsp3) is 0.250. The van der Waals surface area contributed by atoms with E-state index in [9.17, 15) is 8.76 Å². The average Bonchev–Trinajstić information content (AvgIpc) is 2.05. The van der Waals surface area contributed by atoms with Gasteiger partial charge in [-0.05, 0) is 35.7 Å². The van der Waals surface area contributed by atoms with Crippen molar-refractivity contribution in [2.75, 3.05) is 12.4 Å². The zero-order valence-electron chi connectivity index (χ0n) is 6.96. The maximum Gasteiger partial charge on any atom is 0.0379 e. The van der Waals surface area contributed by atoms with E-state index < -0.39 is 11.1 Å². The van der Waals surface area contributed by atoms with Crippen molar-refractivity contribution in [2.24, 2.45) is 0 Å². The van der Waals surface area contributed by atoms with E-state index in [0.29, 0.717) is 4.90 Å². The number of nitrogens with one attached hydrogen (secondary N) is 1. The van der Waals surface area contributed by atoms with E-state index in [2.05, 4.69) is 5.32 Å². The second-order valence-electron chi connectivity index (χ2n) is 2.46. The lowest BCUT2D eigenvalue weighted by molar-refractivity contribution is 0.537. The molecule has 0 saturated carbocycles. The van der Waals surface area contributed by atoms with Gasteiger partial charge in [0.05, 0.1) is 0 Å². The summed E-state index contributed by atoms with van der Waals surface area (Å²) in [6, 6.07) is 4.97. The van der Waals surface area contributed by atoms with Crippen molar-refractivity contribution >= 4 is 16.8 Å². The molecule has 0 saturated heterocycles. The highest BCUT2D eigenvalue weighted by molar-refractivity contribution is 7.79. The molecule has 0 aliphatic heterocycles. The second-order valence-corrected chi connectivity index (χ2v) is 3.40. The summed E-state index contributed by atoms with van der Waals surface area (Å²) in [6.07, 6.45) is 0. The molecule has 0 aliphatic rings. The Morgan fingerprint density at radius 2 is 2.17 bits per heavy atom. The fourth-order valence-corrected chi connectivity index (χ4v) is 1.37. The van der Waals surface area contributed by atoms with Crippen LogP contribution in [0, 0.1) is 6.92 Å². The Balaban J connectivity index is 3.13. The maximum absolute atomic E-state index is 10.6. The summed E-state index contributed by atoms with van der Waals surface area (Å²) in [4.78, 5) is 0.310. The molecule has 0 heterocycles. The van der Waals surface area contributed by atoms with Gasteiger partial charge in [-0.25, -0.2) is 0 Å². The molecule has 1 atom stereocenters. The van der Waals surface area contributed by atoms with E-state index >= 15 is 0 Å². The largest absolute Gasteiger partial charge is 0.768 e. The normalized spacial score (nSPS) is 12.6. The van der Waals surface area contributed by atoms with Crippen molar-refractivity contribution < 1.29 is 8.76 Å². The first kappa shape index (κ1) is 9.22. The topological polar surface area (TPSA) is 52.2 Å². The van der Waals surface area contributed by atoms with Crippen molar-refractivity contribution in [2.45, 2.75) is 11.8 Å². The minimum atomic E-state index is -2.14. The molecular formula is C8H10NO2S-. The van der Waals surface area contributed by atoms with Gasteiger partial charge < -0.3 is 9.87 Å². The van der Waals surface area contributed by atoms with Gasteiger partial charge in [0.15, 0.2) is 0 Å². The van der Waals surface area contributed by atoms with Crippen molar-refractivity contribution in [3.8, 4) is 0 Å². The first-order valence-electron chi connectivity index (χ1n) is 3.53. The zero-order valence-corrected chi connectivity index (χ0v) is 7.77. The third kappa shape index (κ3) is 1.84. The predicted octanol–water partition coefficient (Wildman–Crippen LogP) is 1.27. The van der Waals surface area contributed by atoms with E-state index in [1.54, 1.807) is 25.2 Å². The Kier molecular flexibility index (Phi) is 2.83. The van der Waals surface area contributed by atoms with Crippen molar-refractivity contribution in [1.82, 2.24) is 0 Å². The third-order valence-electron chi connectivity index (χ3n) is 1.67. The molecule has 1 N–H and O–H groups in total. The lowest BCUT2D eigenvalue weighted by atomic mass is 10.2. The van der Waals surface area contributed by atoms with Gasteiger partial charge in [-0.1, -0.05) is 6.07 Å². The Hall–Kier alpha value is -0.870. The van der Waals surface area contributed by atoms with Gasteiger partial charge in [-0.2, -0.15) is 0 Å². The number of hydrogen-bond donors (Lipinski definition) is 1. The highest BCUT2D eigenvalue weighted by Crippen LogP contribution is 2.17. The van der Waals surface area contributed by atoms with Crippen molar-refractivity contribution in [3.05, 3.63) is 23.8 Å². The SMILES string of the molecule is CNc1cc(S(=O)[O-])ccc1C. The molecule has 0 spiro atoms. The van der Waals surface area contributed by atoms with E-state index in [1.165, 1.54) is 0 Å². The quantitative estimate of drug-likeness (QED) is 0.704. The van der Waals surface area contributed by atoms with Crippen LogP contribution in [-0.4, -0.2) is 15.8 Å². The van der Waals surface area contributed by atoms with Crippen LogP contribution in [0.15, 0.2) is 23.1 Å². The van der Waals surface area contributed by atoms with Gasteiger partial charge in [-0.3, -0.25) is 4.21 Å². The van der Waals surface area contributed by atoms with Crippen molar-refractivity contribution in [1.29, 1.82) is 0 Å². The summed E-state index contributed by atoms with van der Waals surface area (Å²) in [5, 5.41) is 2.92. The number of rotatable bonds is 2. The molecule has 1 aromatic rings. The van der Waals surface area contributed by atoms with Gasteiger partial charge in [0, 0.05) is 17.6 Å². The van der Waals surface area contributed by atoms with Gasteiger partial charge in [0.1, 0.15) is 0 Å². The van der Waals surface area contributed by atoms with E-state index in [0.717, 1.165) is 11.3 Å². The number of aryl methyl sites for hydroxylation is 1. The molecule has 1 rings (SSSR count). The molecule has 66 valence electrons. The van der Waals surface area contributed by atoms with Crippen LogP contribution in [0.3, 0.4) is 0 Å². The molecule has 0 fully saturated rings. The minimum Gasteiger partial charge on any atom is -0.768 e. The van der Waals surface area contributed by atoms with Crippen LogP contribution in [0.4, 0.5) is 5.69 Å². The van der Waals surface area contributed by atoms with Crippen LogP contribution in [0.2, 0.25) is 0 Å². The summed E-state index contributed by atoms with van der Waals surface area (Å²) >= 11 is -2.14. The van der Waals surface area contributed by atoms with Crippen molar-refractivity contribution in [3.63, 3.8) is 0 Å². The van der Waals surface area contributed by atoms with Crippen LogP contribution in [0.25, 0.3) is 0 Å². The molecule has 0 aromatic heterocycles. The summed E-state index contributed by atoms with van der Waals surface area (Å²) in [7, 11) is 1.76. The summed E-state index contributed by atoms with van der Waals surface area (Å²) in [5.74, 6) is 0. The van der Waals surface area contributed by atoms with Crippen LogP contribution >= 0.6 is 0 Å². The first-order valence-corrected chi connectivity index (χ1v) is 4.60. The zero-order chi connectivity index (χ0) is 9.14. The number of anilines is 1. The molecular weight excluding hydrogens is 174 g/mol. The minimum absolute atomic E-state index is 0.310. The lowest BCUT2D eigenvalue weighted by Gasteiger charge is -2.09. The molecule has 0 bridgehead atoms. The summed E-state index contributed by atoms with van der Waals surface area (Å²) in [5.41, 5.74) is 1.88. The highest BCUT2D eigenvalue weighted by atomic mass is 32.2. The molecule has 1 aromatic carbocycles. The standard InChI is InChI=1S/C8H11NO2S/c1-6-3-4-7(12(10)11)5-8(6)9-2/h3-5,9H,1-2H3,(H,10,11)/p-1. The van der Waals surface area contributed by atoms with Crippen LogP contribution in [0.1, 0.15) is 5.56 Å². The van der Waals surface area contributed by atoms with Gasteiger partial charge in [0.25, 0.3) is 0 Å². The smallest absolute Gasteiger partial charge is 0.0379 e. The first-order chi connectivity index (χ1) is 5.65. The molecule has 3 nitrogen and oxygen atoms in total. The van der Waals surface area contributed by atoms with E-state index in [1.807, 2.05) is 6.92 Å². The van der Waals surface area contributed by atoms with Crippen LogP contribution < -0.4 is 5.32 Å². The highest BCUT2D eigenvalue weighted by Gasteiger charge is 1.97. The summed E-state index contributed by atoms with van der Waals surface area (Å²) < 4.78 is 21.1. The van der Waals surface area contributed by atoms with Crippen LogP contribution in [0.5, 0.6) is 0 Å². The average molecular weight is 184 g/mol. The van der Waals surface area contributed by atoms with E-state index in [-0.39, 0.29) is 0 Å². The van der Waals surface area contributed by atoms with E-state index in [4.69, 9.17) is 0 Å². The Morgan fingerprint density at radius 3 is 2.67 bits per heavy atom. The lowest BCUT2D eigenvalue weighted by Crippen LogP contribution is -1.95. The third-order valence-corrected chi connectivity index (χ3v) is 2.31. The van der Waals surface area contributed by atoms with Gasteiger partial charge in [0.2, 0.25) is 0 Å². The summed E-state index contributed by atoms with van der Waals surface area (Å²) in [6.45, 7) is 1.92. The molecule has 12 heavy (non-hydrogen) atoms. The monoisotopic (exact) mass is 184 g/mol. The molecule has 0 aliphatic carbocycles. The molecule has 0 amide bonds. The molecule has 0 radical (unpaired) electrons. The van der Waals surface area contributed by atoms with Gasteiger partial charge in [-0.15, -0.1) is 0 Å². The maximum atomic E-state index is 10.6. The number of hydrogen-bond acceptors (Lipinski definition) is 3. The van der Waals surface area contributed by atoms with Crippen LogP contribution in [-0.2, 0) is 11.1 Å². The van der Waals surface area contributed by atoms with Gasteiger partial charge >= 0.3 is 0 Å². The Labute approximate surface area is 74.1 Å². The molecule has 1 unspecified atom stereocenters.